The summed E-state index contributed by atoms with van der Waals surface area (Å²) >= 11 is 1.48. The molecule has 6 nitrogen and oxygen atoms in total. The molecule has 0 aliphatic heterocycles. The Bertz CT molecular complexity index is 634. The van der Waals surface area contributed by atoms with E-state index in [-0.39, 0.29) is 13.2 Å². The zero-order valence-corrected chi connectivity index (χ0v) is 14.3. The number of hydrogen-bond donors (Lipinski definition) is 0. The SMILES string of the molecule is CS(=O)(=O)OCCSc1ccc(CCOS(C)(=O)=O)cc1. The first-order chi connectivity index (χ1) is 9.66. The zero-order valence-electron chi connectivity index (χ0n) is 11.8. The Morgan fingerprint density at radius 3 is 1.95 bits per heavy atom. The van der Waals surface area contributed by atoms with E-state index < -0.39 is 20.2 Å². The normalized spacial score (nSPS) is 12.5. The Kier molecular flexibility index (Phi) is 7.14. The average molecular weight is 354 g/mol. The fraction of sp³-hybridized carbons (Fsp3) is 0.500. The molecule has 0 bridgehead atoms. The maximum atomic E-state index is 10.8. The lowest BCUT2D eigenvalue weighted by atomic mass is 10.2. The number of benzene rings is 1. The summed E-state index contributed by atoms with van der Waals surface area (Å²) < 4.78 is 52.5. The third-order valence-electron chi connectivity index (χ3n) is 2.26. The molecular formula is C12H18O6S3. The summed E-state index contributed by atoms with van der Waals surface area (Å²) in [6.45, 7) is 0.251. The minimum Gasteiger partial charge on any atom is -0.270 e. The van der Waals surface area contributed by atoms with Crippen LogP contribution in [-0.2, 0) is 35.0 Å². The maximum Gasteiger partial charge on any atom is 0.264 e. The molecule has 0 saturated carbocycles. The van der Waals surface area contributed by atoms with Gasteiger partial charge in [0.25, 0.3) is 20.2 Å². The lowest BCUT2D eigenvalue weighted by molar-refractivity contribution is 0.326. The number of rotatable bonds is 9. The van der Waals surface area contributed by atoms with Gasteiger partial charge in [0, 0.05) is 10.6 Å². The van der Waals surface area contributed by atoms with Crippen molar-refractivity contribution in [2.75, 3.05) is 31.5 Å². The van der Waals surface area contributed by atoms with Gasteiger partial charge in [-0.05, 0) is 24.1 Å². The fourth-order valence-corrected chi connectivity index (χ4v) is 3.02. The van der Waals surface area contributed by atoms with E-state index in [9.17, 15) is 16.8 Å². The molecule has 0 N–H and O–H groups in total. The van der Waals surface area contributed by atoms with Gasteiger partial charge >= 0.3 is 0 Å². The standard InChI is InChI=1S/C12H18O6S3/c1-20(13,14)17-8-7-11-3-5-12(6-4-11)19-10-9-18-21(2,15)16/h3-6H,7-10H2,1-2H3. The smallest absolute Gasteiger partial charge is 0.264 e. The lowest BCUT2D eigenvalue weighted by Gasteiger charge is -2.05. The molecule has 0 heterocycles. The number of thioether (sulfide) groups is 1. The Hall–Kier alpha value is -0.610. The summed E-state index contributed by atoms with van der Waals surface area (Å²) in [6.07, 6.45) is 2.55. The van der Waals surface area contributed by atoms with Crippen molar-refractivity contribution in [1.29, 1.82) is 0 Å². The van der Waals surface area contributed by atoms with Gasteiger partial charge in [0.2, 0.25) is 0 Å². The van der Waals surface area contributed by atoms with Crippen molar-refractivity contribution < 1.29 is 25.2 Å². The third-order valence-corrected chi connectivity index (χ3v) is 4.43. The van der Waals surface area contributed by atoms with Crippen molar-refractivity contribution in [1.82, 2.24) is 0 Å². The highest BCUT2D eigenvalue weighted by molar-refractivity contribution is 7.99. The molecule has 0 unspecified atom stereocenters. The second kappa shape index (κ2) is 8.14. The highest BCUT2D eigenvalue weighted by Gasteiger charge is 2.03. The van der Waals surface area contributed by atoms with Gasteiger partial charge in [-0.3, -0.25) is 8.37 Å². The van der Waals surface area contributed by atoms with Gasteiger partial charge in [-0.2, -0.15) is 16.8 Å². The van der Waals surface area contributed by atoms with Crippen LogP contribution in [0.3, 0.4) is 0 Å². The first-order valence-electron chi connectivity index (χ1n) is 6.06. The van der Waals surface area contributed by atoms with Crippen molar-refractivity contribution in [2.24, 2.45) is 0 Å². The second-order valence-electron chi connectivity index (χ2n) is 4.29. The molecule has 0 fully saturated rings. The van der Waals surface area contributed by atoms with Crippen LogP contribution in [0.4, 0.5) is 0 Å². The molecule has 0 aliphatic rings. The molecule has 1 rings (SSSR count). The van der Waals surface area contributed by atoms with Crippen molar-refractivity contribution >= 4 is 32.0 Å². The Balaban J connectivity index is 2.33. The van der Waals surface area contributed by atoms with Crippen molar-refractivity contribution in [3.8, 4) is 0 Å². The molecule has 120 valence electrons. The predicted molar refractivity (Wildman–Crippen MR) is 82.5 cm³/mol. The van der Waals surface area contributed by atoms with E-state index in [1.807, 2.05) is 24.3 Å². The Morgan fingerprint density at radius 2 is 1.43 bits per heavy atom. The van der Waals surface area contributed by atoms with E-state index in [2.05, 4.69) is 8.37 Å². The molecule has 21 heavy (non-hydrogen) atoms. The van der Waals surface area contributed by atoms with Crippen molar-refractivity contribution in [3.63, 3.8) is 0 Å². The van der Waals surface area contributed by atoms with Gasteiger partial charge in [0.15, 0.2) is 0 Å². The third kappa shape index (κ3) is 9.86. The molecule has 0 spiro atoms. The highest BCUT2D eigenvalue weighted by atomic mass is 32.2. The molecule has 0 atom stereocenters. The largest absolute Gasteiger partial charge is 0.270 e. The predicted octanol–water partition coefficient (Wildman–Crippen LogP) is 1.27. The minimum atomic E-state index is -3.40. The van der Waals surface area contributed by atoms with Gasteiger partial charge in [-0.25, -0.2) is 0 Å². The van der Waals surface area contributed by atoms with Gasteiger partial charge in [-0.1, -0.05) is 12.1 Å². The maximum absolute atomic E-state index is 10.8. The molecule has 0 aliphatic carbocycles. The van der Waals surface area contributed by atoms with E-state index in [1.54, 1.807) is 0 Å². The van der Waals surface area contributed by atoms with Gasteiger partial charge in [0.1, 0.15) is 0 Å². The zero-order chi connectivity index (χ0) is 15.9. The van der Waals surface area contributed by atoms with Crippen LogP contribution in [-0.4, -0.2) is 48.3 Å². The summed E-state index contributed by atoms with van der Waals surface area (Å²) in [5.41, 5.74) is 0.968. The van der Waals surface area contributed by atoms with Crippen LogP contribution in [0.5, 0.6) is 0 Å². The topological polar surface area (TPSA) is 86.7 Å². The minimum absolute atomic E-state index is 0.119. The van der Waals surface area contributed by atoms with E-state index in [4.69, 9.17) is 0 Å². The summed E-state index contributed by atoms with van der Waals surface area (Å²) in [5.74, 6) is 0.531. The second-order valence-corrected chi connectivity index (χ2v) is 8.75. The van der Waals surface area contributed by atoms with E-state index in [0.717, 1.165) is 23.0 Å². The fourth-order valence-electron chi connectivity index (χ4n) is 1.41. The summed E-state index contributed by atoms with van der Waals surface area (Å²) in [4.78, 5) is 0.986. The van der Waals surface area contributed by atoms with Crippen LogP contribution in [0.25, 0.3) is 0 Å². The first kappa shape index (κ1) is 18.4. The number of hydrogen-bond acceptors (Lipinski definition) is 7. The molecule has 1 aromatic rings. The molecule has 0 amide bonds. The van der Waals surface area contributed by atoms with E-state index in [1.165, 1.54) is 11.8 Å². The molecule has 0 radical (unpaired) electrons. The Labute approximate surface area is 130 Å². The lowest BCUT2D eigenvalue weighted by Crippen LogP contribution is -2.06. The van der Waals surface area contributed by atoms with E-state index >= 15 is 0 Å². The van der Waals surface area contributed by atoms with Crippen LogP contribution >= 0.6 is 11.8 Å². The molecule has 0 saturated heterocycles. The van der Waals surface area contributed by atoms with Gasteiger partial charge < -0.3 is 0 Å². The van der Waals surface area contributed by atoms with Gasteiger partial charge in [-0.15, -0.1) is 11.8 Å². The molecule has 9 heteroatoms. The van der Waals surface area contributed by atoms with Crippen LogP contribution in [0.15, 0.2) is 29.2 Å². The molecular weight excluding hydrogens is 336 g/mol. The van der Waals surface area contributed by atoms with Crippen LogP contribution in [0, 0.1) is 0 Å². The van der Waals surface area contributed by atoms with Crippen molar-refractivity contribution in [3.05, 3.63) is 29.8 Å². The molecule has 1 aromatic carbocycles. The quantitative estimate of drug-likeness (QED) is 0.375. The van der Waals surface area contributed by atoms with Crippen LogP contribution < -0.4 is 0 Å². The average Bonchev–Trinajstić information content (AvgIpc) is 2.34. The summed E-state index contributed by atoms with van der Waals surface area (Å²) in [7, 11) is -6.78. The van der Waals surface area contributed by atoms with Crippen LogP contribution in [0.1, 0.15) is 5.56 Å². The Morgan fingerprint density at radius 1 is 0.905 bits per heavy atom. The van der Waals surface area contributed by atoms with Gasteiger partial charge in [0.05, 0.1) is 25.7 Å². The summed E-state index contributed by atoms with van der Waals surface area (Å²) in [6, 6.07) is 7.54. The van der Waals surface area contributed by atoms with Crippen molar-refractivity contribution in [2.45, 2.75) is 11.3 Å². The van der Waals surface area contributed by atoms with E-state index in [0.29, 0.717) is 12.2 Å². The van der Waals surface area contributed by atoms with Crippen LogP contribution in [0.2, 0.25) is 0 Å². The highest BCUT2D eigenvalue weighted by Crippen LogP contribution is 2.18. The summed E-state index contributed by atoms with van der Waals surface area (Å²) in [5, 5.41) is 0. The first-order valence-corrected chi connectivity index (χ1v) is 10.7. The monoisotopic (exact) mass is 354 g/mol. The molecule has 0 aromatic heterocycles.